The van der Waals surface area contributed by atoms with Gasteiger partial charge in [-0.25, -0.2) is 0 Å². The molecule has 0 bridgehead atoms. The number of ether oxygens (including phenoxy) is 1. The molecule has 1 fully saturated rings. The average molecular weight is 230 g/mol. The highest BCUT2D eigenvalue weighted by Crippen LogP contribution is 2.19. The van der Waals surface area contributed by atoms with Crippen molar-refractivity contribution < 1.29 is 4.74 Å². The van der Waals surface area contributed by atoms with Crippen molar-refractivity contribution in [1.29, 1.82) is 5.26 Å². The minimum absolute atomic E-state index is 0.461. The van der Waals surface area contributed by atoms with Gasteiger partial charge in [-0.1, -0.05) is 19.1 Å². The predicted molar refractivity (Wildman–Crippen MR) is 66.8 cm³/mol. The number of benzene rings is 1. The second-order valence-electron chi connectivity index (χ2n) is 4.71. The van der Waals surface area contributed by atoms with E-state index >= 15 is 0 Å². The molecule has 2 rings (SSSR count). The van der Waals surface area contributed by atoms with E-state index in [1.807, 2.05) is 18.2 Å². The van der Waals surface area contributed by atoms with Gasteiger partial charge in [0.2, 0.25) is 0 Å². The van der Waals surface area contributed by atoms with Gasteiger partial charge in [0.15, 0.2) is 0 Å². The van der Waals surface area contributed by atoms with Gasteiger partial charge in [0.25, 0.3) is 0 Å². The molecule has 1 aliphatic carbocycles. The molecule has 1 unspecified atom stereocenters. The Bertz CT molecular complexity index is 407. The first-order valence-corrected chi connectivity index (χ1v) is 6.15. The highest BCUT2D eigenvalue weighted by atomic mass is 16.5. The van der Waals surface area contributed by atoms with E-state index in [4.69, 9.17) is 10.00 Å². The Balaban J connectivity index is 1.77. The van der Waals surface area contributed by atoms with E-state index in [0.29, 0.717) is 23.8 Å². The topological polar surface area (TPSA) is 45.0 Å². The summed E-state index contributed by atoms with van der Waals surface area (Å²) < 4.78 is 5.68. The molecule has 3 heteroatoms. The molecule has 1 atom stereocenters. The number of rotatable bonds is 6. The van der Waals surface area contributed by atoms with Crippen LogP contribution in [-0.4, -0.2) is 19.2 Å². The van der Waals surface area contributed by atoms with Gasteiger partial charge in [0, 0.05) is 18.5 Å². The standard InChI is InChI=1S/C14H18N2O/c1-11(9-16-13-6-7-13)10-17-14-5-3-2-4-12(14)8-15/h2-5,11,13,16H,6-7,9-10H2,1H3. The summed E-state index contributed by atoms with van der Waals surface area (Å²) >= 11 is 0. The Labute approximate surface area is 102 Å². The van der Waals surface area contributed by atoms with Crippen molar-refractivity contribution >= 4 is 0 Å². The van der Waals surface area contributed by atoms with E-state index in [2.05, 4.69) is 18.3 Å². The normalized spacial score (nSPS) is 16.2. The van der Waals surface area contributed by atoms with E-state index in [1.54, 1.807) is 6.07 Å². The van der Waals surface area contributed by atoms with Crippen LogP contribution in [0.2, 0.25) is 0 Å². The molecule has 0 aromatic heterocycles. The lowest BCUT2D eigenvalue weighted by Gasteiger charge is -2.14. The molecule has 0 saturated heterocycles. The van der Waals surface area contributed by atoms with Crippen LogP contribution in [0.3, 0.4) is 0 Å². The fourth-order valence-corrected chi connectivity index (χ4v) is 1.63. The summed E-state index contributed by atoms with van der Waals surface area (Å²) in [5.41, 5.74) is 0.606. The molecule has 17 heavy (non-hydrogen) atoms. The summed E-state index contributed by atoms with van der Waals surface area (Å²) in [7, 11) is 0. The number of hydrogen-bond acceptors (Lipinski definition) is 3. The first-order chi connectivity index (χ1) is 8.29. The summed E-state index contributed by atoms with van der Waals surface area (Å²) in [5.74, 6) is 1.15. The van der Waals surface area contributed by atoms with Crippen LogP contribution in [0.25, 0.3) is 0 Å². The van der Waals surface area contributed by atoms with Crippen molar-refractivity contribution in [3.8, 4) is 11.8 Å². The molecular formula is C14H18N2O. The lowest BCUT2D eigenvalue weighted by atomic mass is 10.2. The predicted octanol–water partition coefficient (Wildman–Crippen LogP) is 2.33. The first kappa shape index (κ1) is 11.9. The van der Waals surface area contributed by atoms with Crippen LogP contribution in [0.1, 0.15) is 25.3 Å². The Hall–Kier alpha value is -1.53. The fraction of sp³-hybridized carbons (Fsp3) is 0.500. The Morgan fingerprint density at radius 2 is 2.24 bits per heavy atom. The summed E-state index contributed by atoms with van der Waals surface area (Å²) in [4.78, 5) is 0. The van der Waals surface area contributed by atoms with E-state index in [0.717, 1.165) is 12.6 Å². The van der Waals surface area contributed by atoms with Gasteiger partial charge in [-0.05, 0) is 25.0 Å². The molecule has 1 N–H and O–H groups in total. The molecule has 1 saturated carbocycles. The van der Waals surface area contributed by atoms with Crippen molar-refractivity contribution in [2.45, 2.75) is 25.8 Å². The van der Waals surface area contributed by atoms with E-state index in [1.165, 1.54) is 12.8 Å². The van der Waals surface area contributed by atoms with E-state index in [-0.39, 0.29) is 0 Å². The third-order valence-electron chi connectivity index (χ3n) is 2.86. The van der Waals surface area contributed by atoms with E-state index in [9.17, 15) is 0 Å². The molecule has 0 heterocycles. The third kappa shape index (κ3) is 3.76. The van der Waals surface area contributed by atoms with Crippen LogP contribution in [0.15, 0.2) is 24.3 Å². The van der Waals surface area contributed by atoms with Crippen molar-refractivity contribution in [3.05, 3.63) is 29.8 Å². The van der Waals surface area contributed by atoms with Crippen molar-refractivity contribution in [3.63, 3.8) is 0 Å². The number of nitrogens with zero attached hydrogens (tertiary/aromatic N) is 1. The van der Waals surface area contributed by atoms with Crippen LogP contribution in [0.4, 0.5) is 0 Å². The van der Waals surface area contributed by atoms with Gasteiger partial charge in [0.05, 0.1) is 12.2 Å². The number of hydrogen-bond donors (Lipinski definition) is 1. The summed E-state index contributed by atoms with van der Waals surface area (Å²) in [6.45, 7) is 3.79. The minimum atomic E-state index is 0.461. The Morgan fingerprint density at radius 3 is 2.94 bits per heavy atom. The SMILES string of the molecule is CC(CNC1CC1)COc1ccccc1C#N. The maximum Gasteiger partial charge on any atom is 0.137 e. The molecule has 90 valence electrons. The zero-order valence-electron chi connectivity index (χ0n) is 10.1. The number of nitrogens with one attached hydrogen (secondary N) is 1. The second kappa shape index (κ2) is 5.70. The molecule has 0 spiro atoms. The van der Waals surface area contributed by atoms with Crippen LogP contribution in [0.5, 0.6) is 5.75 Å². The monoisotopic (exact) mass is 230 g/mol. The molecule has 1 aromatic rings. The quantitative estimate of drug-likeness (QED) is 0.815. The van der Waals surface area contributed by atoms with Crippen LogP contribution in [0, 0.1) is 17.2 Å². The highest BCUT2D eigenvalue weighted by molar-refractivity contribution is 5.42. The van der Waals surface area contributed by atoms with Crippen LogP contribution >= 0.6 is 0 Å². The maximum absolute atomic E-state index is 8.93. The molecule has 0 aliphatic heterocycles. The van der Waals surface area contributed by atoms with Gasteiger partial charge < -0.3 is 10.1 Å². The molecule has 0 radical (unpaired) electrons. The Kier molecular flexibility index (Phi) is 4.00. The van der Waals surface area contributed by atoms with Gasteiger partial charge in [-0.15, -0.1) is 0 Å². The van der Waals surface area contributed by atoms with E-state index < -0.39 is 0 Å². The highest BCUT2D eigenvalue weighted by Gasteiger charge is 2.20. The number of nitriles is 1. The summed E-state index contributed by atoms with van der Waals surface area (Å²) in [6.07, 6.45) is 2.62. The second-order valence-corrected chi connectivity index (χ2v) is 4.71. The summed E-state index contributed by atoms with van der Waals surface area (Å²) in [5, 5.41) is 12.4. The fourth-order valence-electron chi connectivity index (χ4n) is 1.63. The van der Waals surface area contributed by atoms with Crippen molar-refractivity contribution in [2.75, 3.05) is 13.2 Å². The van der Waals surface area contributed by atoms with Gasteiger partial charge in [-0.3, -0.25) is 0 Å². The molecular weight excluding hydrogens is 212 g/mol. The van der Waals surface area contributed by atoms with Crippen molar-refractivity contribution in [2.24, 2.45) is 5.92 Å². The maximum atomic E-state index is 8.93. The average Bonchev–Trinajstić information content (AvgIpc) is 3.18. The molecule has 3 nitrogen and oxygen atoms in total. The lowest BCUT2D eigenvalue weighted by Crippen LogP contribution is -2.26. The lowest BCUT2D eigenvalue weighted by molar-refractivity contribution is 0.255. The minimum Gasteiger partial charge on any atom is -0.492 e. The first-order valence-electron chi connectivity index (χ1n) is 6.15. The van der Waals surface area contributed by atoms with Crippen molar-refractivity contribution in [1.82, 2.24) is 5.32 Å². The Morgan fingerprint density at radius 1 is 1.47 bits per heavy atom. The third-order valence-corrected chi connectivity index (χ3v) is 2.86. The number of para-hydroxylation sites is 1. The smallest absolute Gasteiger partial charge is 0.137 e. The van der Waals surface area contributed by atoms with Gasteiger partial charge in [0.1, 0.15) is 11.8 Å². The van der Waals surface area contributed by atoms with Gasteiger partial charge >= 0.3 is 0 Å². The van der Waals surface area contributed by atoms with Crippen LogP contribution < -0.4 is 10.1 Å². The summed E-state index contributed by atoms with van der Waals surface area (Å²) in [6, 6.07) is 10.2. The molecule has 1 aromatic carbocycles. The molecule has 1 aliphatic rings. The zero-order valence-corrected chi connectivity index (χ0v) is 10.1. The zero-order chi connectivity index (χ0) is 12.1. The van der Waals surface area contributed by atoms with Crippen LogP contribution in [-0.2, 0) is 0 Å². The molecule has 0 amide bonds. The van der Waals surface area contributed by atoms with Gasteiger partial charge in [-0.2, -0.15) is 5.26 Å². The largest absolute Gasteiger partial charge is 0.492 e.